The minimum Gasteiger partial charge on any atom is -0.495 e. The Morgan fingerprint density at radius 2 is 2.29 bits per heavy atom. The van der Waals surface area contributed by atoms with Gasteiger partial charge < -0.3 is 9.72 Å². The number of aryl methyl sites for hydroxylation is 1. The molecule has 5 heteroatoms. The van der Waals surface area contributed by atoms with E-state index >= 15 is 0 Å². The summed E-state index contributed by atoms with van der Waals surface area (Å²) in [5, 5.41) is 1.99. The highest BCUT2D eigenvalue weighted by Gasteiger charge is 2.12. The van der Waals surface area contributed by atoms with Gasteiger partial charge >= 0.3 is 0 Å². The number of H-pyrrole nitrogens is 1. The molecule has 0 spiro atoms. The second-order valence-corrected chi connectivity index (χ2v) is 4.70. The number of hydrogen-bond acceptors (Lipinski definition) is 4. The van der Waals surface area contributed by atoms with Crippen LogP contribution in [0.4, 0.5) is 0 Å². The molecular formula is C12H11N3OS. The first-order chi connectivity index (χ1) is 8.28. The number of aromatic amines is 1. The number of rotatable bonds is 2. The summed E-state index contributed by atoms with van der Waals surface area (Å²) in [6.45, 7) is 2.01. The molecule has 86 valence electrons. The number of ether oxygens (including phenoxy) is 1. The van der Waals surface area contributed by atoms with Crippen molar-refractivity contribution >= 4 is 22.5 Å². The van der Waals surface area contributed by atoms with E-state index < -0.39 is 0 Å². The first kappa shape index (κ1) is 10.3. The first-order valence-electron chi connectivity index (χ1n) is 5.22. The lowest BCUT2D eigenvalue weighted by molar-refractivity contribution is 0.418. The number of imidazole rings is 1. The van der Waals surface area contributed by atoms with Gasteiger partial charge in [-0.1, -0.05) is 0 Å². The van der Waals surface area contributed by atoms with Gasteiger partial charge in [-0.25, -0.2) is 9.97 Å². The third-order valence-electron chi connectivity index (χ3n) is 2.54. The molecule has 0 aromatic carbocycles. The minimum absolute atomic E-state index is 0.737. The zero-order valence-corrected chi connectivity index (χ0v) is 10.3. The van der Waals surface area contributed by atoms with Crippen molar-refractivity contribution in [2.75, 3.05) is 7.11 Å². The Kier molecular flexibility index (Phi) is 2.33. The fourth-order valence-electron chi connectivity index (χ4n) is 1.74. The van der Waals surface area contributed by atoms with E-state index in [1.165, 1.54) is 0 Å². The van der Waals surface area contributed by atoms with Crippen molar-refractivity contribution < 1.29 is 4.74 Å². The van der Waals surface area contributed by atoms with Crippen molar-refractivity contribution in [3.05, 3.63) is 29.3 Å². The Bertz CT molecular complexity index is 671. The highest BCUT2D eigenvalue weighted by Crippen LogP contribution is 2.34. The molecule has 0 fully saturated rings. The van der Waals surface area contributed by atoms with Crippen LogP contribution < -0.4 is 4.74 Å². The molecule has 0 saturated heterocycles. The maximum absolute atomic E-state index is 5.29. The number of nitrogens with zero attached hydrogens (tertiary/aromatic N) is 2. The third kappa shape index (κ3) is 1.68. The molecule has 3 aromatic heterocycles. The first-order valence-corrected chi connectivity index (χ1v) is 6.10. The molecule has 0 saturated carbocycles. The quantitative estimate of drug-likeness (QED) is 0.755. The summed E-state index contributed by atoms with van der Waals surface area (Å²) in [6, 6.07) is 3.98. The molecule has 3 rings (SSSR count). The van der Waals surface area contributed by atoms with E-state index in [0.717, 1.165) is 33.2 Å². The molecule has 0 atom stereocenters. The van der Waals surface area contributed by atoms with Crippen molar-refractivity contribution in [3.63, 3.8) is 0 Å². The number of aromatic nitrogens is 3. The van der Waals surface area contributed by atoms with Crippen LogP contribution in [0.2, 0.25) is 0 Å². The number of hydrogen-bond donors (Lipinski definition) is 1. The van der Waals surface area contributed by atoms with Crippen molar-refractivity contribution in [2.24, 2.45) is 0 Å². The van der Waals surface area contributed by atoms with Crippen molar-refractivity contribution in [1.29, 1.82) is 0 Å². The van der Waals surface area contributed by atoms with E-state index in [1.807, 2.05) is 30.6 Å². The Hall–Kier alpha value is -1.88. The van der Waals surface area contributed by atoms with Gasteiger partial charge in [0.25, 0.3) is 0 Å². The average Bonchev–Trinajstić information content (AvgIpc) is 2.93. The SMILES string of the molecule is COc1ccsc1-c1nc2ncc(C)cc2[nH]1. The van der Waals surface area contributed by atoms with Gasteiger partial charge in [0.1, 0.15) is 10.6 Å². The van der Waals surface area contributed by atoms with Crippen LogP contribution in [0.3, 0.4) is 0 Å². The summed E-state index contributed by atoms with van der Waals surface area (Å²) >= 11 is 1.60. The van der Waals surface area contributed by atoms with Gasteiger partial charge in [0.2, 0.25) is 0 Å². The lowest BCUT2D eigenvalue weighted by Gasteiger charge is -1.97. The van der Waals surface area contributed by atoms with Crippen LogP contribution in [0.5, 0.6) is 5.75 Å². The zero-order valence-electron chi connectivity index (χ0n) is 9.52. The Morgan fingerprint density at radius 3 is 3.12 bits per heavy atom. The molecular weight excluding hydrogens is 234 g/mol. The smallest absolute Gasteiger partial charge is 0.178 e. The van der Waals surface area contributed by atoms with Crippen LogP contribution in [0.15, 0.2) is 23.7 Å². The lowest BCUT2D eigenvalue weighted by atomic mass is 10.3. The third-order valence-corrected chi connectivity index (χ3v) is 3.44. The van der Waals surface area contributed by atoms with Gasteiger partial charge in [-0.3, -0.25) is 0 Å². The maximum atomic E-state index is 5.29. The summed E-state index contributed by atoms with van der Waals surface area (Å²) in [6.07, 6.45) is 1.82. The minimum atomic E-state index is 0.737. The highest BCUT2D eigenvalue weighted by molar-refractivity contribution is 7.13. The zero-order chi connectivity index (χ0) is 11.8. The predicted octanol–water partition coefficient (Wildman–Crippen LogP) is 3.00. The summed E-state index contributed by atoms with van der Waals surface area (Å²) in [5.41, 5.74) is 2.81. The molecule has 0 aliphatic heterocycles. The van der Waals surface area contributed by atoms with Crippen LogP contribution in [-0.4, -0.2) is 22.1 Å². The summed E-state index contributed by atoms with van der Waals surface area (Å²) in [7, 11) is 1.66. The van der Waals surface area contributed by atoms with Crippen LogP contribution in [0.25, 0.3) is 21.9 Å². The van der Waals surface area contributed by atoms with Gasteiger partial charge in [-0.2, -0.15) is 0 Å². The molecule has 3 heterocycles. The molecule has 0 unspecified atom stereocenters. The summed E-state index contributed by atoms with van der Waals surface area (Å²) < 4.78 is 5.29. The molecule has 0 bridgehead atoms. The summed E-state index contributed by atoms with van der Waals surface area (Å²) in [4.78, 5) is 13.0. The lowest BCUT2D eigenvalue weighted by Crippen LogP contribution is -1.83. The average molecular weight is 245 g/mol. The second kappa shape index (κ2) is 3.85. The van der Waals surface area contributed by atoms with Gasteiger partial charge in [-0.05, 0) is 30.0 Å². The van der Waals surface area contributed by atoms with Gasteiger partial charge in [0, 0.05) is 6.20 Å². The number of fused-ring (bicyclic) bond motifs is 1. The molecule has 0 radical (unpaired) electrons. The van der Waals surface area contributed by atoms with Gasteiger partial charge in [0.05, 0.1) is 12.6 Å². The molecule has 0 amide bonds. The molecule has 4 nitrogen and oxygen atoms in total. The number of thiophene rings is 1. The number of methoxy groups -OCH3 is 1. The van der Waals surface area contributed by atoms with Crippen LogP contribution >= 0.6 is 11.3 Å². The standard InChI is InChI=1S/C12H11N3OS/c1-7-5-8-11(13-6-7)15-12(14-8)10-9(16-2)3-4-17-10/h3-6H,1-2H3,(H,13,14,15). The van der Waals surface area contributed by atoms with Crippen molar-refractivity contribution in [3.8, 4) is 16.5 Å². The predicted molar refractivity (Wildman–Crippen MR) is 68.5 cm³/mol. The molecule has 3 aromatic rings. The van der Waals surface area contributed by atoms with E-state index in [9.17, 15) is 0 Å². The van der Waals surface area contributed by atoms with Crippen molar-refractivity contribution in [2.45, 2.75) is 6.92 Å². The van der Waals surface area contributed by atoms with Crippen LogP contribution in [-0.2, 0) is 0 Å². The van der Waals surface area contributed by atoms with E-state index in [1.54, 1.807) is 18.4 Å². The van der Waals surface area contributed by atoms with E-state index in [2.05, 4.69) is 15.0 Å². The van der Waals surface area contributed by atoms with E-state index in [4.69, 9.17) is 4.74 Å². The van der Waals surface area contributed by atoms with E-state index in [-0.39, 0.29) is 0 Å². The number of nitrogens with one attached hydrogen (secondary N) is 1. The van der Waals surface area contributed by atoms with E-state index in [0.29, 0.717) is 0 Å². The molecule has 0 aliphatic rings. The fourth-order valence-corrected chi connectivity index (χ4v) is 2.55. The second-order valence-electron chi connectivity index (χ2n) is 3.79. The monoisotopic (exact) mass is 245 g/mol. The Labute approximate surface area is 102 Å². The summed E-state index contributed by atoms with van der Waals surface area (Å²) in [5.74, 6) is 1.65. The Balaban J connectivity index is 2.18. The van der Waals surface area contributed by atoms with Gasteiger partial charge in [0.15, 0.2) is 11.5 Å². The normalized spacial score (nSPS) is 10.9. The van der Waals surface area contributed by atoms with Crippen LogP contribution in [0, 0.1) is 6.92 Å². The number of pyridine rings is 1. The van der Waals surface area contributed by atoms with Gasteiger partial charge in [-0.15, -0.1) is 11.3 Å². The van der Waals surface area contributed by atoms with Crippen molar-refractivity contribution in [1.82, 2.24) is 15.0 Å². The highest BCUT2D eigenvalue weighted by atomic mass is 32.1. The fraction of sp³-hybridized carbons (Fsp3) is 0.167. The molecule has 1 N–H and O–H groups in total. The largest absolute Gasteiger partial charge is 0.495 e. The van der Waals surface area contributed by atoms with Crippen LogP contribution in [0.1, 0.15) is 5.56 Å². The molecule has 0 aliphatic carbocycles. The topological polar surface area (TPSA) is 50.8 Å². The maximum Gasteiger partial charge on any atom is 0.178 e. The Morgan fingerprint density at radius 1 is 1.41 bits per heavy atom. The molecule has 17 heavy (non-hydrogen) atoms.